The van der Waals surface area contributed by atoms with E-state index in [1.54, 1.807) is 24.3 Å². The predicted octanol–water partition coefficient (Wildman–Crippen LogP) is -0.190. The van der Waals surface area contributed by atoms with Crippen LogP contribution in [0.25, 0.3) is 0 Å². The maximum absolute atomic E-state index is 12.4. The lowest BCUT2D eigenvalue weighted by molar-refractivity contribution is -0.123. The van der Waals surface area contributed by atoms with Crippen LogP contribution >= 0.6 is 0 Å². The number of hydrogen-bond acceptors (Lipinski definition) is 5. The number of amides is 1. The average Bonchev–Trinajstić information content (AvgIpc) is 3.25. The van der Waals surface area contributed by atoms with Gasteiger partial charge in [-0.25, -0.2) is 8.42 Å². The normalized spacial score (nSPS) is 25.0. The van der Waals surface area contributed by atoms with Crippen molar-refractivity contribution in [2.45, 2.75) is 42.8 Å². The van der Waals surface area contributed by atoms with Crippen LogP contribution in [0.3, 0.4) is 0 Å². The molecule has 24 heavy (non-hydrogen) atoms. The Morgan fingerprint density at radius 1 is 1.25 bits per heavy atom. The van der Waals surface area contributed by atoms with Crippen molar-refractivity contribution in [3.05, 3.63) is 29.8 Å². The number of β-amino-alcohol motifs (C(OH)–C–C–N with tert-alkyl or cyclic N) is 1. The van der Waals surface area contributed by atoms with E-state index in [9.17, 15) is 18.3 Å². The van der Waals surface area contributed by atoms with Gasteiger partial charge in [-0.3, -0.25) is 4.79 Å². The van der Waals surface area contributed by atoms with E-state index in [0.29, 0.717) is 37.5 Å². The van der Waals surface area contributed by atoms with Crippen LogP contribution in [0.15, 0.2) is 29.2 Å². The van der Waals surface area contributed by atoms with Crippen LogP contribution in [0.4, 0.5) is 0 Å². The van der Waals surface area contributed by atoms with Crippen LogP contribution in [0.1, 0.15) is 24.8 Å². The van der Waals surface area contributed by atoms with E-state index in [0.717, 1.165) is 18.4 Å². The lowest BCUT2D eigenvalue weighted by Crippen LogP contribution is -2.40. The molecule has 7 nitrogen and oxygen atoms in total. The summed E-state index contributed by atoms with van der Waals surface area (Å²) < 4.78 is 26.4. The first-order valence-corrected chi connectivity index (χ1v) is 9.69. The Balaban J connectivity index is 1.57. The molecule has 3 rings (SSSR count). The summed E-state index contributed by atoms with van der Waals surface area (Å²) in [5.74, 6) is -0.152. The maximum atomic E-state index is 12.4. The van der Waals surface area contributed by atoms with Gasteiger partial charge in [0.15, 0.2) is 0 Å². The zero-order valence-electron chi connectivity index (χ0n) is 13.4. The molecule has 1 aromatic carbocycles. The molecule has 2 unspecified atom stereocenters. The van der Waals surface area contributed by atoms with E-state index in [-0.39, 0.29) is 11.9 Å². The standard InChI is InChI=1S/C16H23N3O4S/c20-13-9-15(17-11-13)16(21)18-10-12-3-5-14(6-4-12)24(22,23)19-7-1-2-8-19/h3-6,13,15,17,20H,1-2,7-11H2,(H,18,21). The molecule has 3 N–H and O–H groups in total. The fourth-order valence-electron chi connectivity index (χ4n) is 3.09. The van der Waals surface area contributed by atoms with E-state index in [2.05, 4.69) is 10.6 Å². The average molecular weight is 353 g/mol. The second-order valence-corrected chi connectivity index (χ2v) is 8.26. The van der Waals surface area contributed by atoms with Gasteiger partial charge in [0.1, 0.15) is 0 Å². The third kappa shape index (κ3) is 3.77. The number of benzene rings is 1. The Kier molecular flexibility index (Phi) is 5.19. The predicted molar refractivity (Wildman–Crippen MR) is 88.7 cm³/mol. The summed E-state index contributed by atoms with van der Waals surface area (Å²) in [5.41, 5.74) is 0.835. The minimum atomic E-state index is -3.40. The van der Waals surface area contributed by atoms with Gasteiger partial charge in [-0.05, 0) is 37.0 Å². The molecule has 0 spiro atoms. The second kappa shape index (κ2) is 7.18. The van der Waals surface area contributed by atoms with Crippen molar-refractivity contribution in [3.63, 3.8) is 0 Å². The first-order chi connectivity index (χ1) is 11.5. The number of nitrogens with zero attached hydrogens (tertiary/aromatic N) is 1. The summed E-state index contributed by atoms with van der Waals surface area (Å²) in [7, 11) is -3.40. The van der Waals surface area contributed by atoms with Crippen molar-refractivity contribution in [2.24, 2.45) is 0 Å². The molecular formula is C16H23N3O4S. The number of carbonyl (C=O) groups excluding carboxylic acids is 1. The van der Waals surface area contributed by atoms with Crippen LogP contribution in [0.2, 0.25) is 0 Å². The number of aliphatic hydroxyl groups is 1. The molecule has 0 aliphatic carbocycles. The number of rotatable bonds is 5. The highest BCUT2D eigenvalue weighted by atomic mass is 32.2. The number of nitrogens with one attached hydrogen (secondary N) is 2. The SMILES string of the molecule is O=C(NCc1ccc(S(=O)(=O)N2CCCC2)cc1)C1CC(O)CN1. The van der Waals surface area contributed by atoms with Crippen LogP contribution in [-0.4, -0.2) is 55.5 Å². The van der Waals surface area contributed by atoms with E-state index >= 15 is 0 Å². The Hall–Kier alpha value is -1.48. The van der Waals surface area contributed by atoms with Gasteiger partial charge < -0.3 is 15.7 Å². The molecule has 2 fully saturated rings. The van der Waals surface area contributed by atoms with Crippen LogP contribution in [-0.2, 0) is 21.4 Å². The van der Waals surface area contributed by atoms with Gasteiger partial charge in [0.2, 0.25) is 15.9 Å². The fourth-order valence-corrected chi connectivity index (χ4v) is 4.60. The van der Waals surface area contributed by atoms with Crippen LogP contribution in [0.5, 0.6) is 0 Å². The highest BCUT2D eigenvalue weighted by molar-refractivity contribution is 7.89. The summed E-state index contributed by atoms with van der Waals surface area (Å²) in [5, 5.41) is 15.2. The summed E-state index contributed by atoms with van der Waals surface area (Å²) in [6.45, 7) is 1.93. The van der Waals surface area contributed by atoms with Crippen molar-refractivity contribution in [2.75, 3.05) is 19.6 Å². The minimum absolute atomic E-state index is 0.152. The monoisotopic (exact) mass is 353 g/mol. The fraction of sp³-hybridized carbons (Fsp3) is 0.562. The molecule has 0 radical (unpaired) electrons. The molecule has 1 aromatic rings. The minimum Gasteiger partial charge on any atom is -0.392 e. The molecule has 2 saturated heterocycles. The molecular weight excluding hydrogens is 330 g/mol. The highest BCUT2D eigenvalue weighted by Gasteiger charge is 2.28. The van der Waals surface area contributed by atoms with Crippen molar-refractivity contribution >= 4 is 15.9 Å². The first kappa shape index (κ1) is 17.3. The van der Waals surface area contributed by atoms with Crippen molar-refractivity contribution in [1.82, 2.24) is 14.9 Å². The zero-order chi connectivity index (χ0) is 17.2. The lowest BCUT2D eigenvalue weighted by Gasteiger charge is -2.16. The molecule has 1 amide bonds. The Morgan fingerprint density at radius 2 is 1.92 bits per heavy atom. The number of aliphatic hydroxyl groups excluding tert-OH is 1. The zero-order valence-corrected chi connectivity index (χ0v) is 14.3. The van der Waals surface area contributed by atoms with Gasteiger partial charge in [-0.2, -0.15) is 4.31 Å². The quantitative estimate of drug-likeness (QED) is 0.682. The van der Waals surface area contributed by atoms with E-state index in [1.807, 2.05) is 0 Å². The van der Waals surface area contributed by atoms with E-state index in [1.165, 1.54) is 4.31 Å². The molecule has 0 bridgehead atoms. The van der Waals surface area contributed by atoms with Gasteiger partial charge in [-0.15, -0.1) is 0 Å². The molecule has 2 aliphatic heterocycles. The van der Waals surface area contributed by atoms with Gasteiger partial charge in [0.25, 0.3) is 0 Å². The summed E-state index contributed by atoms with van der Waals surface area (Å²) in [6, 6.07) is 6.26. The second-order valence-electron chi connectivity index (χ2n) is 6.32. The van der Waals surface area contributed by atoms with Gasteiger partial charge in [0.05, 0.1) is 17.0 Å². The third-order valence-electron chi connectivity index (χ3n) is 4.52. The maximum Gasteiger partial charge on any atom is 0.243 e. The number of hydrogen-bond donors (Lipinski definition) is 3. The lowest BCUT2D eigenvalue weighted by atomic mass is 10.2. The van der Waals surface area contributed by atoms with Crippen LogP contribution < -0.4 is 10.6 Å². The summed E-state index contributed by atoms with van der Waals surface area (Å²) >= 11 is 0. The number of sulfonamides is 1. The molecule has 0 saturated carbocycles. The number of carbonyl (C=O) groups is 1. The molecule has 2 heterocycles. The Labute approximate surface area is 142 Å². The topological polar surface area (TPSA) is 98.7 Å². The third-order valence-corrected chi connectivity index (χ3v) is 6.43. The largest absolute Gasteiger partial charge is 0.392 e. The van der Waals surface area contributed by atoms with Gasteiger partial charge >= 0.3 is 0 Å². The van der Waals surface area contributed by atoms with Crippen molar-refractivity contribution < 1.29 is 18.3 Å². The molecule has 2 atom stereocenters. The van der Waals surface area contributed by atoms with Crippen molar-refractivity contribution in [1.29, 1.82) is 0 Å². The first-order valence-electron chi connectivity index (χ1n) is 8.25. The summed E-state index contributed by atoms with van der Waals surface area (Å²) in [4.78, 5) is 12.3. The van der Waals surface area contributed by atoms with Crippen LogP contribution in [0, 0.1) is 0 Å². The molecule has 132 valence electrons. The van der Waals surface area contributed by atoms with E-state index in [4.69, 9.17) is 0 Å². The van der Waals surface area contributed by atoms with Crippen molar-refractivity contribution in [3.8, 4) is 0 Å². The smallest absolute Gasteiger partial charge is 0.243 e. The van der Waals surface area contributed by atoms with Gasteiger partial charge in [0, 0.05) is 26.2 Å². The van der Waals surface area contributed by atoms with E-state index < -0.39 is 16.1 Å². The summed E-state index contributed by atoms with van der Waals surface area (Å²) in [6.07, 6.45) is 1.76. The van der Waals surface area contributed by atoms with Gasteiger partial charge in [-0.1, -0.05) is 12.1 Å². The Bertz CT molecular complexity index is 684. The molecule has 2 aliphatic rings. The molecule has 0 aromatic heterocycles. The highest BCUT2D eigenvalue weighted by Crippen LogP contribution is 2.21. The molecule has 8 heteroatoms. The Morgan fingerprint density at radius 3 is 2.50 bits per heavy atom.